The maximum atomic E-state index is 2.45. The largest absolute Gasteiger partial charge is 0.0622 e. The third-order valence-corrected chi connectivity index (χ3v) is 8.75. The molecule has 0 aliphatic rings. The van der Waals surface area contributed by atoms with E-state index in [2.05, 4.69) is 148 Å². The van der Waals surface area contributed by atoms with Gasteiger partial charge in [0.15, 0.2) is 0 Å². The summed E-state index contributed by atoms with van der Waals surface area (Å²) in [6, 6.07) is 47.5. The highest BCUT2D eigenvalue weighted by Gasteiger charge is 2.22. The molecule has 0 atom stereocenters. The Kier molecular flexibility index (Phi) is 4.88. The van der Waals surface area contributed by atoms with E-state index in [4.69, 9.17) is 0 Å². The van der Waals surface area contributed by atoms with Gasteiger partial charge in [0.25, 0.3) is 0 Å². The number of hydrogen-bond acceptors (Lipinski definition) is 0. The Bertz CT molecular complexity index is 2210. The molecule has 0 N–H and O–H groups in total. The molecule has 0 nitrogen and oxygen atoms in total. The summed E-state index contributed by atoms with van der Waals surface area (Å²) in [6.45, 7) is 6.91. The molecule has 0 radical (unpaired) electrons. The van der Waals surface area contributed by atoms with E-state index < -0.39 is 0 Å². The molecular weight excluding hydrogens is 480 g/mol. The first-order chi connectivity index (χ1) is 19.5. The first-order valence-electron chi connectivity index (χ1n) is 14.2. The van der Waals surface area contributed by atoms with Crippen LogP contribution in [0, 0.1) is 0 Å². The van der Waals surface area contributed by atoms with E-state index in [0.29, 0.717) is 0 Å². The molecule has 0 fully saturated rings. The summed E-state index contributed by atoms with van der Waals surface area (Å²) in [5, 5.41) is 13.2. The fraction of sp³-hybridized carbons (Fsp3) is 0.100. The van der Waals surface area contributed by atoms with Crippen molar-refractivity contribution in [2.24, 2.45) is 0 Å². The predicted molar refractivity (Wildman–Crippen MR) is 175 cm³/mol. The molecule has 0 aliphatic carbocycles. The van der Waals surface area contributed by atoms with Gasteiger partial charge in [-0.25, -0.2) is 0 Å². The minimum absolute atomic E-state index is 0.0565. The fourth-order valence-electron chi connectivity index (χ4n) is 6.80. The van der Waals surface area contributed by atoms with Crippen LogP contribution in [0.4, 0.5) is 0 Å². The van der Waals surface area contributed by atoms with E-state index in [9.17, 15) is 0 Å². The lowest BCUT2D eigenvalue weighted by atomic mass is 9.80. The van der Waals surface area contributed by atoms with Crippen molar-refractivity contribution in [2.45, 2.75) is 26.2 Å². The van der Waals surface area contributed by atoms with E-state index >= 15 is 0 Å². The lowest BCUT2D eigenvalue weighted by Gasteiger charge is -2.23. The highest BCUT2D eigenvalue weighted by atomic mass is 14.2. The van der Waals surface area contributed by atoms with Crippen LogP contribution in [0.15, 0.2) is 127 Å². The van der Waals surface area contributed by atoms with Crippen molar-refractivity contribution >= 4 is 53.9 Å². The Morgan fingerprint density at radius 2 is 0.975 bits per heavy atom. The molecule has 8 rings (SSSR count). The monoisotopic (exact) mass is 510 g/mol. The normalized spacial score (nSPS) is 12.4. The second-order valence-corrected chi connectivity index (χ2v) is 12.1. The molecule has 0 saturated heterocycles. The minimum Gasteiger partial charge on any atom is -0.0622 e. The van der Waals surface area contributed by atoms with Crippen LogP contribution >= 0.6 is 0 Å². The van der Waals surface area contributed by atoms with Gasteiger partial charge in [0.2, 0.25) is 0 Å². The molecule has 0 unspecified atom stereocenters. The molecule has 40 heavy (non-hydrogen) atoms. The molecule has 0 heteroatoms. The second kappa shape index (κ2) is 8.41. The summed E-state index contributed by atoms with van der Waals surface area (Å²) in [5.74, 6) is 0. The van der Waals surface area contributed by atoms with Gasteiger partial charge in [0.05, 0.1) is 0 Å². The minimum atomic E-state index is 0.0565. The standard InChI is InChI=1S/C40H30/c1-40(2,3)29-20-23-34-35(24-29)37(25-10-5-4-6-11-25)30-14-7-8-15-31(30)39(34)33-22-19-28-17-16-26-12-9-13-27-18-21-32(33)38(28)36(26)27/h4-24H,1-3H3. The van der Waals surface area contributed by atoms with Crippen LogP contribution < -0.4 is 0 Å². The van der Waals surface area contributed by atoms with Gasteiger partial charge in [-0.05, 0) is 93.2 Å². The molecule has 190 valence electrons. The zero-order valence-corrected chi connectivity index (χ0v) is 23.1. The van der Waals surface area contributed by atoms with Crippen molar-refractivity contribution in [3.8, 4) is 22.3 Å². The van der Waals surface area contributed by atoms with Crippen LogP contribution in [0.2, 0.25) is 0 Å². The average molecular weight is 511 g/mol. The Labute approximate surface area is 234 Å². The van der Waals surface area contributed by atoms with E-state index in [1.807, 2.05) is 0 Å². The van der Waals surface area contributed by atoms with Gasteiger partial charge in [-0.2, -0.15) is 0 Å². The van der Waals surface area contributed by atoms with E-state index in [-0.39, 0.29) is 5.41 Å². The summed E-state index contributed by atoms with van der Waals surface area (Å²) in [5.41, 5.74) is 6.61. The Morgan fingerprint density at radius 1 is 0.400 bits per heavy atom. The predicted octanol–water partition coefficient (Wildman–Crippen LogP) is 11.5. The van der Waals surface area contributed by atoms with Crippen LogP contribution in [-0.4, -0.2) is 0 Å². The van der Waals surface area contributed by atoms with E-state index in [1.54, 1.807) is 0 Å². The summed E-state index contributed by atoms with van der Waals surface area (Å²) in [4.78, 5) is 0. The van der Waals surface area contributed by atoms with Crippen molar-refractivity contribution in [2.75, 3.05) is 0 Å². The lowest BCUT2D eigenvalue weighted by molar-refractivity contribution is 0.591. The molecule has 0 aliphatic heterocycles. The van der Waals surface area contributed by atoms with Crippen LogP contribution in [-0.2, 0) is 5.41 Å². The van der Waals surface area contributed by atoms with Crippen LogP contribution in [0.3, 0.4) is 0 Å². The molecule has 8 aromatic rings. The number of hydrogen-bond donors (Lipinski definition) is 0. The second-order valence-electron chi connectivity index (χ2n) is 12.1. The quantitative estimate of drug-likeness (QED) is 0.160. The molecule has 8 aromatic carbocycles. The van der Waals surface area contributed by atoms with Gasteiger partial charge in [-0.15, -0.1) is 0 Å². The van der Waals surface area contributed by atoms with Crippen LogP contribution in [0.5, 0.6) is 0 Å². The van der Waals surface area contributed by atoms with Gasteiger partial charge in [0, 0.05) is 0 Å². The van der Waals surface area contributed by atoms with Crippen LogP contribution in [0.25, 0.3) is 76.1 Å². The molecule has 0 aromatic heterocycles. The van der Waals surface area contributed by atoms with Crippen LogP contribution in [0.1, 0.15) is 26.3 Å². The summed E-state index contributed by atoms with van der Waals surface area (Å²) >= 11 is 0. The number of rotatable bonds is 2. The van der Waals surface area contributed by atoms with Gasteiger partial charge < -0.3 is 0 Å². The van der Waals surface area contributed by atoms with E-state index in [1.165, 1.54) is 81.7 Å². The summed E-state index contributed by atoms with van der Waals surface area (Å²) in [7, 11) is 0. The van der Waals surface area contributed by atoms with Gasteiger partial charge in [-0.1, -0.05) is 142 Å². The zero-order valence-electron chi connectivity index (χ0n) is 23.1. The molecule has 0 saturated carbocycles. The maximum absolute atomic E-state index is 2.45. The van der Waals surface area contributed by atoms with Crippen molar-refractivity contribution in [1.82, 2.24) is 0 Å². The highest BCUT2D eigenvalue weighted by Crippen LogP contribution is 2.47. The van der Waals surface area contributed by atoms with E-state index in [0.717, 1.165) is 0 Å². The smallest absolute Gasteiger partial charge is 0.00201 e. The summed E-state index contributed by atoms with van der Waals surface area (Å²) < 4.78 is 0. The zero-order chi connectivity index (χ0) is 27.0. The Balaban J connectivity index is 1.58. The Morgan fingerprint density at radius 3 is 1.70 bits per heavy atom. The highest BCUT2D eigenvalue weighted by molar-refractivity contribution is 6.29. The first-order valence-corrected chi connectivity index (χ1v) is 14.2. The number of benzene rings is 8. The average Bonchev–Trinajstić information content (AvgIpc) is 2.98. The van der Waals surface area contributed by atoms with Crippen molar-refractivity contribution in [1.29, 1.82) is 0 Å². The van der Waals surface area contributed by atoms with Gasteiger partial charge in [0.1, 0.15) is 0 Å². The first kappa shape index (κ1) is 23.2. The molecule has 0 amide bonds. The molecule has 0 spiro atoms. The van der Waals surface area contributed by atoms with Crippen molar-refractivity contribution in [3.05, 3.63) is 133 Å². The lowest BCUT2D eigenvalue weighted by Crippen LogP contribution is -2.10. The molecule has 0 heterocycles. The molecular formula is C40H30. The third-order valence-electron chi connectivity index (χ3n) is 8.75. The number of fused-ring (bicyclic) bond motifs is 2. The topological polar surface area (TPSA) is 0 Å². The fourth-order valence-corrected chi connectivity index (χ4v) is 6.80. The van der Waals surface area contributed by atoms with Gasteiger partial charge in [-0.3, -0.25) is 0 Å². The SMILES string of the molecule is CC(C)(C)c1ccc2c(-c3ccc4ccc5cccc6ccc3c4c56)c3ccccc3c(-c3ccccc3)c2c1. The summed E-state index contributed by atoms with van der Waals surface area (Å²) in [6.07, 6.45) is 0. The molecule has 0 bridgehead atoms. The van der Waals surface area contributed by atoms with Gasteiger partial charge >= 0.3 is 0 Å². The van der Waals surface area contributed by atoms with Crippen molar-refractivity contribution < 1.29 is 0 Å². The third kappa shape index (κ3) is 3.32. The maximum Gasteiger partial charge on any atom is -0.00201 e. The Hall–Kier alpha value is -4.68. The van der Waals surface area contributed by atoms with Crippen molar-refractivity contribution in [3.63, 3.8) is 0 Å².